The Kier molecular flexibility index (Phi) is 3.93. The van der Waals surface area contributed by atoms with Gasteiger partial charge in [0, 0.05) is 12.6 Å². The molecule has 2 rings (SSSR count). The molecular weight excluding hydrogens is 234 g/mol. The number of hydrogen-bond donors (Lipinski definition) is 1. The topological polar surface area (TPSA) is 47.0 Å². The summed E-state index contributed by atoms with van der Waals surface area (Å²) < 4.78 is 5.32. The van der Waals surface area contributed by atoms with Crippen LogP contribution in [0.15, 0.2) is 23.2 Å². The zero-order chi connectivity index (χ0) is 12.1. The van der Waals surface area contributed by atoms with E-state index in [1.165, 1.54) is 17.5 Å². The predicted molar refractivity (Wildman–Crippen MR) is 69.6 cm³/mol. The molecule has 0 saturated heterocycles. The van der Waals surface area contributed by atoms with Crippen molar-refractivity contribution in [3.8, 4) is 5.88 Å². The Morgan fingerprint density at radius 2 is 2.24 bits per heavy atom. The van der Waals surface area contributed by atoms with Crippen LogP contribution in [0.3, 0.4) is 0 Å². The Morgan fingerprint density at radius 3 is 2.94 bits per heavy atom. The van der Waals surface area contributed by atoms with Gasteiger partial charge in [-0.2, -0.15) is 11.3 Å². The van der Waals surface area contributed by atoms with E-state index < -0.39 is 0 Å². The molecule has 0 spiro atoms. The van der Waals surface area contributed by atoms with Crippen LogP contribution in [0.25, 0.3) is 0 Å². The number of rotatable bonds is 5. The smallest absolute Gasteiger partial charge is 0.218 e. The van der Waals surface area contributed by atoms with Crippen LogP contribution in [0.5, 0.6) is 5.88 Å². The lowest BCUT2D eigenvalue weighted by atomic mass is 10.2. The van der Waals surface area contributed by atoms with Crippen molar-refractivity contribution >= 4 is 17.2 Å². The molecule has 2 heterocycles. The third kappa shape index (κ3) is 3.17. The zero-order valence-electron chi connectivity index (χ0n) is 9.93. The standard InChI is InChI=1S/C12H15N3OS/c1-3-16-12-4-11(14-8-15-12)13-5-10-7-17-6-9(10)2/h4,6-8H,3,5H2,1-2H3,(H,13,14,15). The molecule has 0 saturated carbocycles. The monoisotopic (exact) mass is 249 g/mol. The highest BCUT2D eigenvalue weighted by molar-refractivity contribution is 7.08. The number of aromatic nitrogens is 2. The van der Waals surface area contributed by atoms with E-state index in [9.17, 15) is 0 Å². The van der Waals surface area contributed by atoms with Gasteiger partial charge < -0.3 is 10.1 Å². The Hall–Kier alpha value is -1.62. The molecule has 0 radical (unpaired) electrons. The number of nitrogens with one attached hydrogen (secondary N) is 1. The summed E-state index contributed by atoms with van der Waals surface area (Å²) in [5, 5.41) is 7.55. The normalized spacial score (nSPS) is 10.2. The summed E-state index contributed by atoms with van der Waals surface area (Å²) in [7, 11) is 0. The van der Waals surface area contributed by atoms with Crippen LogP contribution < -0.4 is 10.1 Å². The van der Waals surface area contributed by atoms with Gasteiger partial charge in [-0.1, -0.05) is 0 Å². The summed E-state index contributed by atoms with van der Waals surface area (Å²) in [4.78, 5) is 8.17. The van der Waals surface area contributed by atoms with Gasteiger partial charge >= 0.3 is 0 Å². The third-order valence-corrected chi connectivity index (χ3v) is 3.27. The lowest BCUT2D eigenvalue weighted by Crippen LogP contribution is -2.03. The molecule has 0 bridgehead atoms. The van der Waals surface area contributed by atoms with E-state index >= 15 is 0 Å². The molecule has 0 atom stereocenters. The molecule has 17 heavy (non-hydrogen) atoms. The lowest BCUT2D eigenvalue weighted by molar-refractivity contribution is 0.326. The summed E-state index contributed by atoms with van der Waals surface area (Å²) in [5.74, 6) is 1.39. The van der Waals surface area contributed by atoms with Crippen molar-refractivity contribution in [2.75, 3.05) is 11.9 Å². The van der Waals surface area contributed by atoms with Crippen LogP contribution in [0.1, 0.15) is 18.1 Å². The van der Waals surface area contributed by atoms with E-state index in [-0.39, 0.29) is 0 Å². The molecular formula is C12H15N3OS. The Labute approximate surface area is 105 Å². The lowest BCUT2D eigenvalue weighted by Gasteiger charge is -2.06. The highest BCUT2D eigenvalue weighted by atomic mass is 32.1. The molecule has 0 fully saturated rings. The Balaban J connectivity index is 1.99. The first-order valence-corrected chi connectivity index (χ1v) is 6.44. The van der Waals surface area contributed by atoms with Gasteiger partial charge in [-0.15, -0.1) is 0 Å². The molecule has 0 aliphatic carbocycles. The van der Waals surface area contributed by atoms with E-state index in [0.717, 1.165) is 12.4 Å². The summed E-state index contributed by atoms with van der Waals surface area (Å²) in [5.41, 5.74) is 2.60. The first kappa shape index (κ1) is 11.9. The number of hydrogen-bond acceptors (Lipinski definition) is 5. The quantitative estimate of drug-likeness (QED) is 0.885. The largest absolute Gasteiger partial charge is 0.478 e. The van der Waals surface area contributed by atoms with Gasteiger partial charge in [0.1, 0.15) is 12.1 Å². The summed E-state index contributed by atoms with van der Waals surface area (Å²) in [6.07, 6.45) is 1.51. The predicted octanol–water partition coefficient (Wildman–Crippen LogP) is 2.86. The van der Waals surface area contributed by atoms with Gasteiger partial charge in [0.15, 0.2) is 0 Å². The fraction of sp³-hybridized carbons (Fsp3) is 0.333. The third-order valence-electron chi connectivity index (χ3n) is 2.36. The summed E-state index contributed by atoms with van der Waals surface area (Å²) in [6.45, 7) is 5.43. The minimum absolute atomic E-state index is 0.604. The number of aryl methyl sites for hydroxylation is 1. The van der Waals surface area contributed by atoms with Crippen LogP contribution in [-0.4, -0.2) is 16.6 Å². The average Bonchev–Trinajstić information content (AvgIpc) is 2.73. The highest BCUT2D eigenvalue weighted by Gasteiger charge is 2.01. The first-order chi connectivity index (χ1) is 8.29. The van der Waals surface area contributed by atoms with Crippen LogP contribution in [0.2, 0.25) is 0 Å². The van der Waals surface area contributed by atoms with Crippen molar-refractivity contribution in [2.45, 2.75) is 20.4 Å². The fourth-order valence-electron chi connectivity index (χ4n) is 1.42. The number of thiophene rings is 1. The minimum atomic E-state index is 0.604. The fourth-order valence-corrected chi connectivity index (χ4v) is 2.27. The number of ether oxygens (including phenoxy) is 1. The van der Waals surface area contributed by atoms with Gasteiger partial charge in [0.05, 0.1) is 6.61 Å². The van der Waals surface area contributed by atoms with Crippen molar-refractivity contribution in [1.82, 2.24) is 9.97 Å². The number of anilines is 1. The molecule has 1 N–H and O–H groups in total. The number of nitrogens with zero attached hydrogens (tertiary/aromatic N) is 2. The molecule has 0 aromatic carbocycles. The van der Waals surface area contributed by atoms with E-state index in [4.69, 9.17) is 4.74 Å². The van der Waals surface area contributed by atoms with Crippen LogP contribution >= 0.6 is 11.3 Å². The zero-order valence-corrected chi connectivity index (χ0v) is 10.8. The van der Waals surface area contributed by atoms with Gasteiger partial charge in [-0.25, -0.2) is 9.97 Å². The Morgan fingerprint density at radius 1 is 1.35 bits per heavy atom. The van der Waals surface area contributed by atoms with Crippen molar-refractivity contribution in [3.63, 3.8) is 0 Å². The van der Waals surface area contributed by atoms with E-state index in [2.05, 4.69) is 33.0 Å². The Bertz CT molecular complexity index is 484. The van der Waals surface area contributed by atoms with Crippen molar-refractivity contribution in [3.05, 3.63) is 34.3 Å². The summed E-state index contributed by atoms with van der Waals surface area (Å²) >= 11 is 1.72. The van der Waals surface area contributed by atoms with Crippen LogP contribution in [0.4, 0.5) is 5.82 Å². The molecule has 0 aliphatic rings. The van der Waals surface area contributed by atoms with Crippen LogP contribution in [-0.2, 0) is 6.54 Å². The second-order valence-electron chi connectivity index (χ2n) is 3.61. The first-order valence-electron chi connectivity index (χ1n) is 5.50. The summed E-state index contributed by atoms with van der Waals surface area (Å²) in [6, 6.07) is 1.81. The highest BCUT2D eigenvalue weighted by Crippen LogP contribution is 2.16. The average molecular weight is 249 g/mol. The van der Waals surface area contributed by atoms with E-state index in [1.54, 1.807) is 11.3 Å². The van der Waals surface area contributed by atoms with Crippen molar-refractivity contribution < 1.29 is 4.74 Å². The molecule has 2 aromatic heterocycles. The second kappa shape index (κ2) is 5.63. The molecule has 0 unspecified atom stereocenters. The van der Waals surface area contributed by atoms with Crippen LogP contribution in [0, 0.1) is 6.92 Å². The molecule has 0 aliphatic heterocycles. The van der Waals surface area contributed by atoms with E-state index in [0.29, 0.717) is 12.5 Å². The molecule has 5 heteroatoms. The maximum Gasteiger partial charge on any atom is 0.218 e. The van der Waals surface area contributed by atoms with Gasteiger partial charge in [-0.05, 0) is 35.7 Å². The van der Waals surface area contributed by atoms with Gasteiger partial charge in [0.2, 0.25) is 5.88 Å². The van der Waals surface area contributed by atoms with Gasteiger partial charge in [-0.3, -0.25) is 0 Å². The SMILES string of the molecule is CCOc1cc(NCc2cscc2C)ncn1. The maximum absolute atomic E-state index is 5.32. The minimum Gasteiger partial charge on any atom is -0.478 e. The maximum atomic E-state index is 5.32. The molecule has 2 aromatic rings. The molecule has 4 nitrogen and oxygen atoms in total. The molecule has 90 valence electrons. The van der Waals surface area contributed by atoms with Crippen molar-refractivity contribution in [2.24, 2.45) is 0 Å². The molecule has 0 amide bonds. The van der Waals surface area contributed by atoms with E-state index in [1.807, 2.05) is 13.0 Å². The van der Waals surface area contributed by atoms with Gasteiger partial charge in [0.25, 0.3) is 0 Å². The van der Waals surface area contributed by atoms with Crippen molar-refractivity contribution in [1.29, 1.82) is 0 Å². The second-order valence-corrected chi connectivity index (χ2v) is 4.35.